The Morgan fingerprint density at radius 3 is 2.12 bits per heavy atom. The average molecular weight is 378 g/mol. The van der Waals surface area contributed by atoms with Crippen molar-refractivity contribution in [2.45, 2.75) is 12.8 Å². The third-order valence-electron chi connectivity index (χ3n) is 5.61. The summed E-state index contributed by atoms with van der Waals surface area (Å²) in [4.78, 5) is 31.9. The van der Waals surface area contributed by atoms with Crippen molar-refractivity contribution in [3.05, 3.63) is 29.3 Å². The maximum atomic E-state index is 13.1. The number of morpholine rings is 1. The number of hydrogen-bond acceptors (Lipinski definition) is 4. The second-order valence-corrected chi connectivity index (χ2v) is 7.68. The third kappa shape index (κ3) is 3.28. The van der Waals surface area contributed by atoms with E-state index in [9.17, 15) is 9.59 Å². The van der Waals surface area contributed by atoms with Gasteiger partial charge in [-0.1, -0.05) is 17.7 Å². The standard InChI is InChI=1S/C19H24ClN3O3/c20-15-2-1-3-16(14-15)21-6-8-22(9-7-21)17(24)19(4-5-19)18(25)23-10-12-26-13-11-23/h1-3,14H,4-13H2. The topological polar surface area (TPSA) is 53.1 Å². The lowest BCUT2D eigenvalue weighted by Gasteiger charge is -2.38. The number of carbonyl (C=O) groups is 2. The van der Waals surface area contributed by atoms with Crippen LogP contribution in [0.3, 0.4) is 0 Å². The van der Waals surface area contributed by atoms with E-state index in [1.807, 2.05) is 29.2 Å². The highest BCUT2D eigenvalue weighted by atomic mass is 35.5. The minimum atomic E-state index is -0.796. The highest BCUT2D eigenvalue weighted by molar-refractivity contribution is 6.30. The van der Waals surface area contributed by atoms with Gasteiger partial charge < -0.3 is 19.4 Å². The molecule has 1 aromatic rings. The van der Waals surface area contributed by atoms with Crippen LogP contribution in [0.1, 0.15) is 12.8 Å². The highest BCUT2D eigenvalue weighted by Crippen LogP contribution is 2.49. The van der Waals surface area contributed by atoms with E-state index in [2.05, 4.69) is 4.90 Å². The number of carbonyl (C=O) groups excluding carboxylic acids is 2. The summed E-state index contributed by atoms with van der Waals surface area (Å²) < 4.78 is 5.32. The van der Waals surface area contributed by atoms with Crippen molar-refractivity contribution in [3.8, 4) is 0 Å². The molecule has 2 saturated heterocycles. The van der Waals surface area contributed by atoms with Gasteiger partial charge in [-0.3, -0.25) is 9.59 Å². The Balaban J connectivity index is 1.38. The van der Waals surface area contributed by atoms with Gasteiger partial charge in [-0.25, -0.2) is 0 Å². The third-order valence-corrected chi connectivity index (χ3v) is 5.84. The number of nitrogens with zero attached hydrogens (tertiary/aromatic N) is 3. The molecule has 3 aliphatic rings. The minimum Gasteiger partial charge on any atom is -0.378 e. The Bertz CT molecular complexity index is 693. The van der Waals surface area contributed by atoms with Gasteiger partial charge in [0.05, 0.1) is 13.2 Å². The molecule has 0 radical (unpaired) electrons. The monoisotopic (exact) mass is 377 g/mol. The van der Waals surface area contributed by atoms with Gasteiger partial charge in [-0.15, -0.1) is 0 Å². The van der Waals surface area contributed by atoms with E-state index in [0.29, 0.717) is 57.3 Å². The molecule has 2 aliphatic heterocycles. The largest absolute Gasteiger partial charge is 0.378 e. The van der Waals surface area contributed by atoms with Crippen molar-refractivity contribution in [3.63, 3.8) is 0 Å². The zero-order valence-electron chi connectivity index (χ0n) is 14.8. The van der Waals surface area contributed by atoms with Gasteiger partial charge in [-0.05, 0) is 31.0 Å². The first-order chi connectivity index (χ1) is 12.6. The van der Waals surface area contributed by atoms with Crippen LogP contribution in [-0.4, -0.2) is 74.1 Å². The van der Waals surface area contributed by atoms with Crippen molar-refractivity contribution >= 4 is 29.1 Å². The molecule has 3 fully saturated rings. The molecular weight excluding hydrogens is 354 g/mol. The number of rotatable bonds is 3. The van der Waals surface area contributed by atoms with E-state index >= 15 is 0 Å². The van der Waals surface area contributed by atoms with Crippen LogP contribution in [0.4, 0.5) is 5.69 Å². The second-order valence-electron chi connectivity index (χ2n) is 7.25. The van der Waals surface area contributed by atoms with Crippen LogP contribution in [0, 0.1) is 5.41 Å². The number of ether oxygens (including phenoxy) is 1. The Morgan fingerprint density at radius 2 is 1.54 bits per heavy atom. The molecule has 1 aliphatic carbocycles. The van der Waals surface area contributed by atoms with Gasteiger partial charge in [0, 0.05) is 50.0 Å². The first-order valence-corrected chi connectivity index (χ1v) is 9.65. The molecule has 140 valence electrons. The smallest absolute Gasteiger partial charge is 0.238 e. The minimum absolute atomic E-state index is 0.00284. The van der Waals surface area contributed by atoms with Crippen molar-refractivity contribution < 1.29 is 14.3 Å². The summed E-state index contributed by atoms with van der Waals surface area (Å²) in [6.45, 7) is 5.12. The molecule has 0 aromatic heterocycles. The van der Waals surface area contributed by atoms with E-state index in [1.165, 1.54) is 0 Å². The Hall–Kier alpha value is -1.79. The van der Waals surface area contributed by atoms with Crippen LogP contribution in [0.2, 0.25) is 5.02 Å². The molecule has 7 heteroatoms. The number of amides is 2. The summed E-state index contributed by atoms with van der Waals surface area (Å²) in [5, 5.41) is 0.717. The zero-order valence-corrected chi connectivity index (χ0v) is 15.6. The molecule has 6 nitrogen and oxygen atoms in total. The number of benzene rings is 1. The lowest BCUT2D eigenvalue weighted by atomic mass is 10.0. The molecule has 0 spiro atoms. The first kappa shape index (κ1) is 17.6. The molecule has 4 rings (SSSR count). The Morgan fingerprint density at radius 1 is 0.923 bits per heavy atom. The summed E-state index contributed by atoms with van der Waals surface area (Å²) in [5.74, 6) is 0.0165. The van der Waals surface area contributed by atoms with Crippen molar-refractivity contribution in [1.82, 2.24) is 9.80 Å². The van der Waals surface area contributed by atoms with Crippen molar-refractivity contribution in [1.29, 1.82) is 0 Å². The number of halogens is 1. The molecule has 0 bridgehead atoms. The fraction of sp³-hybridized carbons (Fsp3) is 0.579. The van der Waals surface area contributed by atoms with Crippen LogP contribution >= 0.6 is 11.6 Å². The number of piperazine rings is 1. The predicted octanol–water partition coefficient (Wildman–Crippen LogP) is 1.63. The SMILES string of the molecule is O=C(N1CCOCC1)C1(C(=O)N2CCN(c3cccc(Cl)c3)CC2)CC1. The molecule has 2 heterocycles. The first-order valence-electron chi connectivity index (χ1n) is 9.27. The van der Waals surface area contributed by atoms with Gasteiger partial charge in [0.2, 0.25) is 11.8 Å². The summed E-state index contributed by atoms with van der Waals surface area (Å²) in [5.41, 5.74) is 0.283. The predicted molar refractivity (Wildman–Crippen MR) is 99.3 cm³/mol. The van der Waals surface area contributed by atoms with Gasteiger partial charge in [0.25, 0.3) is 0 Å². The van der Waals surface area contributed by atoms with E-state index in [1.54, 1.807) is 4.90 Å². The van der Waals surface area contributed by atoms with E-state index in [-0.39, 0.29) is 11.8 Å². The molecule has 1 aromatic carbocycles. The highest BCUT2D eigenvalue weighted by Gasteiger charge is 2.59. The number of anilines is 1. The quantitative estimate of drug-likeness (QED) is 0.751. The average Bonchev–Trinajstić information content (AvgIpc) is 3.50. The second kappa shape index (κ2) is 7.08. The Labute approximate surface area is 158 Å². The van der Waals surface area contributed by atoms with Crippen LogP contribution in [0.25, 0.3) is 0 Å². The number of hydrogen-bond donors (Lipinski definition) is 0. The molecule has 1 saturated carbocycles. The molecule has 0 atom stereocenters. The van der Waals surface area contributed by atoms with E-state index in [4.69, 9.17) is 16.3 Å². The van der Waals surface area contributed by atoms with Gasteiger partial charge in [-0.2, -0.15) is 0 Å². The normalized spacial score (nSPS) is 22.3. The zero-order chi connectivity index (χ0) is 18.1. The molecule has 0 unspecified atom stereocenters. The molecule has 2 amide bonds. The van der Waals surface area contributed by atoms with Gasteiger partial charge in [0.1, 0.15) is 5.41 Å². The van der Waals surface area contributed by atoms with Crippen LogP contribution in [0.5, 0.6) is 0 Å². The maximum Gasteiger partial charge on any atom is 0.238 e. The summed E-state index contributed by atoms with van der Waals surface area (Å²) in [6, 6.07) is 7.78. The van der Waals surface area contributed by atoms with Crippen molar-refractivity contribution in [2.24, 2.45) is 5.41 Å². The van der Waals surface area contributed by atoms with Crippen molar-refractivity contribution in [2.75, 3.05) is 57.4 Å². The molecule has 26 heavy (non-hydrogen) atoms. The van der Waals surface area contributed by atoms with Crippen LogP contribution in [-0.2, 0) is 14.3 Å². The van der Waals surface area contributed by atoms with Gasteiger partial charge >= 0.3 is 0 Å². The molecule has 0 N–H and O–H groups in total. The lowest BCUT2D eigenvalue weighted by Crippen LogP contribution is -2.54. The maximum absolute atomic E-state index is 13.1. The summed E-state index contributed by atoms with van der Waals surface area (Å²) >= 11 is 6.08. The summed E-state index contributed by atoms with van der Waals surface area (Å²) in [7, 11) is 0. The Kier molecular flexibility index (Phi) is 4.80. The van der Waals surface area contributed by atoms with Crippen LogP contribution in [0.15, 0.2) is 24.3 Å². The van der Waals surface area contributed by atoms with Crippen LogP contribution < -0.4 is 4.90 Å². The van der Waals surface area contributed by atoms with Gasteiger partial charge in [0.15, 0.2) is 0 Å². The van der Waals surface area contributed by atoms with E-state index in [0.717, 1.165) is 18.8 Å². The van der Waals surface area contributed by atoms with E-state index < -0.39 is 5.41 Å². The lowest BCUT2D eigenvalue weighted by molar-refractivity contribution is -0.152. The molecular formula is C19H24ClN3O3. The fourth-order valence-electron chi connectivity index (χ4n) is 3.86. The fourth-order valence-corrected chi connectivity index (χ4v) is 4.04. The summed E-state index contributed by atoms with van der Waals surface area (Å²) in [6.07, 6.45) is 1.35.